The van der Waals surface area contributed by atoms with Crippen molar-refractivity contribution in [1.82, 2.24) is 15.1 Å². The SMILES string of the molecule is Cn1nccc1CN=C(NCCCOc1ccccc1)Nc1ccc2c(c1)OCCCO2. The first-order chi connectivity index (χ1) is 15.8. The van der Waals surface area contributed by atoms with Gasteiger partial charge in [-0.15, -0.1) is 0 Å². The van der Waals surface area contributed by atoms with Gasteiger partial charge in [0.25, 0.3) is 0 Å². The molecule has 2 heterocycles. The Hall–Kier alpha value is -3.68. The van der Waals surface area contributed by atoms with Crippen LogP contribution in [0.5, 0.6) is 17.2 Å². The third kappa shape index (κ3) is 6.16. The number of ether oxygens (including phenoxy) is 3. The van der Waals surface area contributed by atoms with E-state index in [1.807, 2.05) is 66.3 Å². The Morgan fingerprint density at radius 1 is 1.09 bits per heavy atom. The second kappa shape index (κ2) is 11.1. The van der Waals surface area contributed by atoms with Crippen LogP contribution in [-0.2, 0) is 13.6 Å². The summed E-state index contributed by atoms with van der Waals surface area (Å²) in [4.78, 5) is 4.73. The number of hydrogen-bond acceptors (Lipinski definition) is 5. The molecular formula is C24H29N5O3. The Labute approximate surface area is 188 Å². The van der Waals surface area contributed by atoms with Crippen LogP contribution in [0.4, 0.5) is 5.69 Å². The molecule has 0 fully saturated rings. The molecule has 2 aromatic carbocycles. The van der Waals surface area contributed by atoms with Gasteiger partial charge < -0.3 is 24.8 Å². The molecule has 0 amide bonds. The summed E-state index contributed by atoms with van der Waals surface area (Å²) in [5.41, 5.74) is 1.91. The molecule has 0 saturated carbocycles. The second-order valence-corrected chi connectivity index (χ2v) is 7.39. The lowest BCUT2D eigenvalue weighted by atomic mass is 10.2. The van der Waals surface area contributed by atoms with E-state index in [1.165, 1.54) is 0 Å². The number of guanidine groups is 1. The highest BCUT2D eigenvalue weighted by Gasteiger charge is 2.11. The van der Waals surface area contributed by atoms with Gasteiger partial charge in [0.15, 0.2) is 17.5 Å². The Kier molecular flexibility index (Phi) is 7.46. The van der Waals surface area contributed by atoms with Crippen molar-refractivity contribution in [1.29, 1.82) is 0 Å². The van der Waals surface area contributed by atoms with Crippen molar-refractivity contribution < 1.29 is 14.2 Å². The van der Waals surface area contributed by atoms with Gasteiger partial charge in [-0.2, -0.15) is 5.10 Å². The summed E-state index contributed by atoms with van der Waals surface area (Å²) >= 11 is 0. The number of fused-ring (bicyclic) bond motifs is 1. The monoisotopic (exact) mass is 435 g/mol. The summed E-state index contributed by atoms with van der Waals surface area (Å²) in [6, 6.07) is 17.6. The van der Waals surface area contributed by atoms with Crippen molar-refractivity contribution in [2.24, 2.45) is 12.0 Å². The van der Waals surface area contributed by atoms with E-state index in [-0.39, 0.29) is 0 Å². The zero-order chi connectivity index (χ0) is 22.0. The fourth-order valence-electron chi connectivity index (χ4n) is 3.22. The van der Waals surface area contributed by atoms with Crippen LogP contribution in [0.3, 0.4) is 0 Å². The predicted octanol–water partition coefficient (Wildman–Crippen LogP) is 3.61. The van der Waals surface area contributed by atoms with Crippen molar-refractivity contribution in [2.45, 2.75) is 19.4 Å². The third-order valence-corrected chi connectivity index (χ3v) is 4.96. The Morgan fingerprint density at radius 3 is 2.75 bits per heavy atom. The molecule has 0 aliphatic carbocycles. The minimum atomic E-state index is 0.511. The van der Waals surface area contributed by atoms with E-state index in [1.54, 1.807) is 6.20 Å². The minimum absolute atomic E-state index is 0.511. The summed E-state index contributed by atoms with van der Waals surface area (Å²) in [7, 11) is 1.91. The number of anilines is 1. The fourth-order valence-corrected chi connectivity index (χ4v) is 3.22. The number of nitrogens with one attached hydrogen (secondary N) is 2. The molecule has 4 rings (SSSR count). The maximum absolute atomic E-state index is 5.81. The maximum atomic E-state index is 5.81. The molecule has 168 valence electrons. The van der Waals surface area contributed by atoms with Crippen LogP contribution in [0, 0.1) is 0 Å². The minimum Gasteiger partial charge on any atom is -0.494 e. The average molecular weight is 436 g/mol. The number of aryl methyl sites for hydroxylation is 1. The number of benzene rings is 2. The van der Waals surface area contributed by atoms with Crippen LogP contribution < -0.4 is 24.8 Å². The van der Waals surface area contributed by atoms with Gasteiger partial charge in [-0.3, -0.25) is 4.68 Å². The molecule has 8 heteroatoms. The topological polar surface area (TPSA) is 81.9 Å². The van der Waals surface area contributed by atoms with E-state index in [0.717, 1.165) is 41.5 Å². The summed E-state index contributed by atoms with van der Waals surface area (Å²) in [6.07, 6.45) is 3.49. The van der Waals surface area contributed by atoms with Crippen molar-refractivity contribution in [3.8, 4) is 17.2 Å². The van der Waals surface area contributed by atoms with Crippen LogP contribution in [0.2, 0.25) is 0 Å². The molecule has 8 nitrogen and oxygen atoms in total. The Morgan fingerprint density at radius 2 is 1.94 bits per heavy atom. The standard InChI is InChI=1S/C24H29N5O3/c1-29-20(11-13-27-29)18-26-24(25-12-5-14-30-21-7-3-2-4-8-21)28-19-9-10-22-23(17-19)32-16-6-15-31-22/h2-4,7-11,13,17H,5-6,12,14-16,18H2,1H3,(H2,25,26,28). The Balaban J connectivity index is 1.37. The van der Waals surface area contributed by atoms with Gasteiger partial charge in [0, 0.05) is 38.0 Å². The van der Waals surface area contributed by atoms with Crippen LogP contribution in [-0.4, -0.2) is 42.1 Å². The van der Waals surface area contributed by atoms with E-state index in [4.69, 9.17) is 19.2 Å². The largest absolute Gasteiger partial charge is 0.494 e. The smallest absolute Gasteiger partial charge is 0.196 e. The lowest BCUT2D eigenvalue weighted by molar-refractivity contribution is 0.297. The van der Waals surface area contributed by atoms with Crippen molar-refractivity contribution in [2.75, 3.05) is 31.7 Å². The first-order valence-corrected chi connectivity index (χ1v) is 10.9. The quantitative estimate of drug-likeness (QED) is 0.320. The van der Waals surface area contributed by atoms with Crippen molar-refractivity contribution in [3.05, 3.63) is 66.5 Å². The summed E-state index contributed by atoms with van der Waals surface area (Å²) in [5, 5.41) is 11.0. The summed E-state index contributed by atoms with van der Waals surface area (Å²) < 4.78 is 19.1. The number of rotatable bonds is 8. The normalized spacial score (nSPS) is 13.3. The highest BCUT2D eigenvalue weighted by molar-refractivity contribution is 5.93. The van der Waals surface area contributed by atoms with E-state index < -0.39 is 0 Å². The molecule has 1 aliphatic heterocycles. The molecule has 3 aromatic rings. The fraction of sp³-hybridized carbons (Fsp3) is 0.333. The van der Waals surface area contributed by atoms with Gasteiger partial charge >= 0.3 is 0 Å². The molecule has 0 saturated heterocycles. The summed E-state index contributed by atoms with van der Waals surface area (Å²) in [5.74, 6) is 3.07. The second-order valence-electron chi connectivity index (χ2n) is 7.39. The van der Waals surface area contributed by atoms with Crippen molar-refractivity contribution in [3.63, 3.8) is 0 Å². The Bertz CT molecular complexity index is 1020. The van der Waals surface area contributed by atoms with Gasteiger partial charge in [0.1, 0.15) is 5.75 Å². The molecule has 2 N–H and O–H groups in total. The van der Waals surface area contributed by atoms with Gasteiger partial charge in [0.2, 0.25) is 0 Å². The van der Waals surface area contributed by atoms with Gasteiger partial charge in [-0.05, 0) is 36.8 Å². The van der Waals surface area contributed by atoms with Gasteiger partial charge in [0.05, 0.1) is 32.1 Å². The number of para-hydroxylation sites is 1. The molecule has 32 heavy (non-hydrogen) atoms. The molecule has 0 bridgehead atoms. The predicted molar refractivity (Wildman–Crippen MR) is 125 cm³/mol. The summed E-state index contributed by atoms with van der Waals surface area (Å²) in [6.45, 7) is 3.17. The zero-order valence-corrected chi connectivity index (χ0v) is 18.3. The first kappa shape index (κ1) is 21.5. The lowest BCUT2D eigenvalue weighted by Crippen LogP contribution is -2.32. The first-order valence-electron chi connectivity index (χ1n) is 10.9. The van der Waals surface area contributed by atoms with Crippen LogP contribution in [0.25, 0.3) is 0 Å². The number of nitrogens with zero attached hydrogens (tertiary/aromatic N) is 3. The van der Waals surface area contributed by atoms with E-state index in [0.29, 0.717) is 38.9 Å². The molecule has 0 radical (unpaired) electrons. The molecule has 0 atom stereocenters. The molecule has 1 aliphatic rings. The number of aliphatic imine (C=N–C) groups is 1. The highest BCUT2D eigenvalue weighted by atomic mass is 16.5. The molecular weight excluding hydrogens is 406 g/mol. The van der Waals surface area contributed by atoms with Crippen LogP contribution in [0.1, 0.15) is 18.5 Å². The number of hydrogen-bond donors (Lipinski definition) is 2. The van der Waals surface area contributed by atoms with Crippen LogP contribution in [0.15, 0.2) is 65.8 Å². The third-order valence-electron chi connectivity index (χ3n) is 4.96. The van der Waals surface area contributed by atoms with E-state index in [9.17, 15) is 0 Å². The van der Waals surface area contributed by atoms with E-state index >= 15 is 0 Å². The molecule has 0 unspecified atom stereocenters. The molecule has 1 aromatic heterocycles. The van der Waals surface area contributed by atoms with E-state index in [2.05, 4.69) is 15.7 Å². The average Bonchev–Trinajstić information content (AvgIpc) is 3.08. The number of aromatic nitrogens is 2. The zero-order valence-electron chi connectivity index (χ0n) is 18.3. The van der Waals surface area contributed by atoms with Gasteiger partial charge in [-0.1, -0.05) is 18.2 Å². The highest BCUT2D eigenvalue weighted by Crippen LogP contribution is 2.32. The maximum Gasteiger partial charge on any atom is 0.196 e. The molecule has 0 spiro atoms. The van der Waals surface area contributed by atoms with Crippen molar-refractivity contribution >= 4 is 11.6 Å². The van der Waals surface area contributed by atoms with Crippen LogP contribution >= 0.6 is 0 Å². The van der Waals surface area contributed by atoms with Gasteiger partial charge in [-0.25, -0.2) is 4.99 Å². The lowest BCUT2D eigenvalue weighted by Gasteiger charge is -2.15.